The summed E-state index contributed by atoms with van der Waals surface area (Å²) in [5.41, 5.74) is 2.33. The number of ether oxygens (including phenoxy) is 2. The van der Waals surface area contributed by atoms with Crippen molar-refractivity contribution in [3.63, 3.8) is 0 Å². The van der Waals surface area contributed by atoms with E-state index < -0.39 is 0 Å². The van der Waals surface area contributed by atoms with E-state index in [1.54, 1.807) is 0 Å². The molecule has 5 heteroatoms. The lowest BCUT2D eigenvalue weighted by atomic mass is 9.95. The fourth-order valence-corrected chi connectivity index (χ4v) is 3.96. The molecule has 132 valence electrons. The third kappa shape index (κ3) is 2.51. The topological polar surface area (TPSA) is 57.4 Å². The van der Waals surface area contributed by atoms with Crippen LogP contribution in [-0.2, 0) is 4.74 Å². The first-order valence-corrected chi connectivity index (χ1v) is 9.06. The minimum atomic E-state index is -0.230. The second-order valence-electron chi connectivity index (χ2n) is 6.94. The summed E-state index contributed by atoms with van der Waals surface area (Å²) in [6.07, 6.45) is 0.609. The molecule has 0 bridgehead atoms. The molecule has 3 aromatic rings. The molecule has 0 saturated carbocycles. The summed E-state index contributed by atoms with van der Waals surface area (Å²) >= 11 is 0. The lowest BCUT2D eigenvalue weighted by molar-refractivity contribution is 0.0985. The Kier molecular flexibility index (Phi) is 3.75. The van der Waals surface area contributed by atoms with E-state index in [-0.39, 0.29) is 24.0 Å². The van der Waals surface area contributed by atoms with Gasteiger partial charge < -0.3 is 13.9 Å². The van der Waals surface area contributed by atoms with Crippen molar-refractivity contribution in [3.05, 3.63) is 77.5 Å². The van der Waals surface area contributed by atoms with E-state index in [1.165, 1.54) is 5.56 Å². The molecule has 2 aromatic carbocycles. The molecule has 5 rings (SSSR count). The van der Waals surface area contributed by atoms with E-state index in [0.717, 1.165) is 17.7 Å². The molecule has 2 aliphatic heterocycles. The zero-order chi connectivity index (χ0) is 17.5. The quantitative estimate of drug-likeness (QED) is 0.695. The summed E-state index contributed by atoms with van der Waals surface area (Å²) in [5, 5.41) is 8.65. The van der Waals surface area contributed by atoms with Crippen molar-refractivity contribution in [2.24, 2.45) is 0 Å². The first-order valence-electron chi connectivity index (χ1n) is 9.06. The van der Waals surface area contributed by atoms with Crippen LogP contribution in [0.2, 0.25) is 0 Å². The molecule has 4 atom stereocenters. The van der Waals surface area contributed by atoms with Crippen LogP contribution in [0.1, 0.15) is 60.3 Å². The summed E-state index contributed by atoms with van der Waals surface area (Å²) in [6.45, 7) is 2.83. The fourth-order valence-electron chi connectivity index (χ4n) is 3.96. The van der Waals surface area contributed by atoms with Gasteiger partial charge in [0.15, 0.2) is 6.10 Å². The van der Waals surface area contributed by atoms with Crippen LogP contribution in [0.4, 0.5) is 0 Å². The number of rotatable bonds is 3. The molecule has 0 radical (unpaired) electrons. The van der Waals surface area contributed by atoms with Crippen LogP contribution in [0.15, 0.2) is 59.0 Å². The third-order valence-corrected chi connectivity index (χ3v) is 5.35. The standard InChI is InChI=1S/C21H20N2O3/c1-13-15-9-5-6-10-17(15)25-18(13)21-23-22-20(26-21)16-11-12-24-19(16)14-7-3-2-4-8-14/h2-10,13,16,18-19H,11-12H2,1H3/t13-,16+,18-,19-/m1/s1. The lowest BCUT2D eigenvalue weighted by Gasteiger charge is -2.16. The Morgan fingerprint density at radius 3 is 2.50 bits per heavy atom. The number of fused-ring (bicyclic) bond motifs is 1. The van der Waals surface area contributed by atoms with Crippen LogP contribution in [0.5, 0.6) is 5.75 Å². The smallest absolute Gasteiger partial charge is 0.257 e. The summed E-state index contributed by atoms with van der Waals surface area (Å²) in [4.78, 5) is 0. The minimum Gasteiger partial charge on any atom is -0.480 e. The molecule has 1 saturated heterocycles. The van der Waals surface area contributed by atoms with Crippen molar-refractivity contribution in [1.82, 2.24) is 10.2 Å². The highest BCUT2D eigenvalue weighted by molar-refractivity contribution is 5.41. The summed E-state index contributed by atoms with van der Waals surface area (Å²) in [5.74, 6) is 2.35. The predicted molar refractivity (Wildman–Crippen MR) is 95.0 cm³/mol. The SMILES string of the molecule is C[C@@H]1c2ccccc2O[C@H]1c1nnc([C@H]2CCO[C@@H]2c2ccccc2)o1. The summed E-state index contributed by atoms with van der Waals surface area (Å²) < 4.78 is 18.1. The van der Waals surface area contributed by atoms with Crippen molar-refractivity contribution in [2.45, 2.75) is 37.4 Å². The average Bonchev–Trinajstić information content (AvgIpc) is 3.41. The number of nitrogens with zero attached hydrogens (tertiary/aromatic N) is 2. The molecule has 0 amide bonds. The Hall–Kier alpha value is -2.66. The number of hydrogen-bond donors (Lipinski definition) is 0. The third-order valence-electron chi connectivity index (χ3n) is 5.35. The lowest BCUT2D eigenvalue weighted by Crippen LogP contribution is -2.08. The van der Waals surface area contributed by atoms with Crippen LogP contribution in [-0.4, -0.2) is 16.8 Å². The molecular formula is C21H20N2O3. The van der Waals surface area contributed by atoms with Crippen LogP contribution in [0.25, 0.3) is 0 Å². The van der Waals surface area contributed by atoms with Crippen LogP contribution < -0.4 is 4.74 Å². The van der Waals surface area contributed by atoms with Gasteiger partial charge in [0.2, 0.25) is 5.89 Å². The Morgan fingerprint density at radius 1 is 0.885 bits per heavy atom. The molecule has 0 N–H and O–H groups in total. The molecule has 2 aliphatic rings. The van der Waals surface area contributed by atoms with Crippen molar-refractivity contribution in [3.8, 4) is 5.75 Å². The van der Waals surface area contributed by atoms with Gasteiger partial charge in [-0.25, -0.2) is 0 Å². The van der Waals surface area contributed by atoms with Crippen molar-refractivity contribution in [1.29, 1.82) is 0 Å². The molecule has 1 aromatic heterocycles. The summed E-state index contributed by atoms with van der Waals surface area (Å²) in [6, 6.07) is 18.3. The van der Waals surface area contributed by atoms with E-state index >= 15 is 0 Å². The van der Waals surface area contributed by atoms with Crippen LogP contribution >= 0.6 is 0 Å². The monoisotopic (exact) mass is 348 g/mol. The molecule has 0 spiro atoms. The summed E-state index contributed by atoms with van der Waals surface area (Å²) in [7, 11) is 0. The van der Waals surface area contributed by atoms with Gasteiger partial charge in [-0.15, -0.1) is 10.2 Å². The maximum absolute atomic E-state index is 6.08. The first-order chi connectivity index (χ1) is 12.8. The predicted octanol–water partition coefficient (Wildman–Crippen LogP) is 4.55. The van der Waals surface area contributed by atoms with Gasteiger partial charge in [0.1, 0.15) is 5.75 Å². The van der Waals surface area contributed by atoms with Gasteiger partial charge in [0.25, 0.3) is 5.89 Å². The van der Waals surface area contributed by atoms with Gasteiger partial charge in [-0.05, 0) is 18.1 Å². The Bertz CT molecular complexity index is 908. The zero-order valence-electron chi connectivity index (χ0n) is 14.5. The van der Waals surface area contributed by atoms with Crippen molar-refractivity contribution >= 4 is 0 Å². The molecule has 26 heavy (non-hydrogen) atoms. The highest BCUT2D eigenvalue weighted by Crippen LogP contribution is 2.46. The van der Waals surface area contributed by atoms with Crippen LogP contribution in [0, 0.1) is 0 Å². The highest BCUT2D eigenvalue weighted by atomic mass is 16.5. The van der Waals surface area contributed by atoms with Gasteiger partial charge in [-0.1, -0.05) is 55.5 Å². The van der Waals surface area contributed by atoms with Crippen molar-refractivity contribution < 1.29 is 13.9 Å². The largest absolute Gasteiger partial charge is 0.480 e. The van der Waals surface area contributed by atoms with Crippen LogP contribution in [0.3, 0.4) is 0 Å². The minimum absolute atomic E-state index is 0.0383. The van der Waals surface area contributed by atoms with Gasteiger partial charge in [-0.3, -0.25) is 0 Å². The van der Waals surface area contributed by atoms with Gasteiger partial charge >= 0.3 is 0 Å². The molecule has 3 heterocycles. The normalized spacial score (nSPS) is 27.3. The van der Waals surface area contributed by atoms with Gasteiger partial charge in [0.05, 0.1) is 12.0 Å². The molecule has 5 nitrogen and oxygen atoms in total. The second-order valence-corrected chi connectivity index (χ2v) is 6.94. The Morgan fingerprint density at radius 2 is 1.65 bits per heavy atom. The first kappa shape index (κ1) is 15.6. The van der Waals surface area contributed by atoms with Gasteiger partial charge in [-0.2, -0.15) is 0 Å². The van der Waals surface area contributed by atoms with Crippen molar-refractivity contribution in [2.75, 3.05) is 6.61 Å². The molecular weight excluding hydrogens is 328 g/mol. The maximum Gasteiger partial charge on any atom is 0.257 e. The Labute approximate surface area is 152 Å². The Balaban J connectivity index is 1.41. The fraction of sp³-hybridized carbons (Fsp3) is 0.333. The molecule has 0 aliphatic carbocycles. The number of para-hydroxylation sites is 1. The highest BCUT2D eigenvalue weighted by Gasteiger charge is 2.39. The second kappa shape index (κ2) is 6.25. The van der Waals surface area contributed by atoms with E-state index in [0.29, 0.717) is 18.4 Å². The van der Waals surface area contributed by atoms with E-state index in [2.05, 4.69) is 35.3 Å². The van der Waals surface area contributed by atoms with E-state index in [9.17, 15) is 0 Å². The molecule has 0 unspecified atom stereocenters. The van der Waals surface area contributed by atoms with E-state index in [4.69, 9.17) is 13.9 Å². The average molecular weight is 348 g/mol. The maximum atomic E-state index is 6.08. The number of benzene rings is 2. The zero-order valence-corrected chi connectivity index (χ0v) is 14.5. The molecule has 1 fully saturated rings. The van der Waals surface area contributed by atoms with Gasteiger partial charge in [0, 0.05) is 18.1 Å². The number of aromatic nitrogens is 2. The number of hydrogen-bond acceptors (Lipinski definition) is 5. The van der Waals surface area contributed by atoms with E-state index in [1.807, 2.05) is 36.4 Å².